The van der Waals surface area contributed by atoms with E-state index in [1.165, 1.54) is 18.2 Å². The zero-order chi connectivity index (χ0) is 29.2. The molecule has 0 unspecified atom stereocenters. The second-order valence-electron chi connectivity index (χ2n) is 12.3. The molecule has 0 saturated heterocycles. The molecule has 3 aromatic carbocycles. The number of rotatable bonds is 7. The molecule has 2 aliphatic carbocycles. The summed E-state index contributed by atoms with van der Waals surface area (Å²) in [6.45, 7) is 3.94. The van der Waals surface area contributed by atoms with E-state index in [9.17, 15) is 14.4 Å². The Kier molecular flexibility index (Phi) is 8.14. The van der Waals surface area contributed by atoms with Crippen LogP contribution in [0.4, 0.5) is 0 Å². The lowest BCUT2D eigenvalue weighted by atomic mass is 9.81. The normalized spacial score (nSPS) is 23.0. The molecule has 3 aromatic rings. The van der Waals surface area contributed by atoms with Crippen LogP contribution >= 0.6 is 0 Å². The molecule has 0 radical (unpaired) electrons. The van der Waals surface area contributed by atoms with Crippen molar-refractivity contribution in [2.75, 3.05) is 13.7 Å². The molecular weight excluding hydrogens is 524 g/mol. The molecular formula is C36H40N2O4. The van der Waals surface area contributed by atoms with Gasteiger partial charge in [0.25, 0.3) is 0 Å². The van der Waals surface area contributed by atoms with Gasteiger partial charge in [0.2, 0.25) is 11.8 Å². The predicted molar refractivity (Wildman–Crippen MR) is 163 cm³/mol. The summed E-state index contributed by atoms with van der Waals surface area (Å²) < 4.78 is 4.95. The summed E-state index contributed by atoms with van der Waals surface area (Å²) >= 11 is 0. The summed E-state index contributed by atoms with van der Waals surface area (Å²) in [5.74, 6) is 1.10. The predicted octanol–water partition coefficient (Wildman–Crippen LogP) is 6.27. The highest BCUT2D eigenvalue weighted by Crippen LogP contribution is 2.47. The molecule has 6 nitrogen and oxygen atoms in total. The highest BCUT2D eigenvalue weighted by molar-refractivity contribution is 5.91. The van der Waals surface area contributed by atoms with E-state index >= 15 is 0 Å². The van der Waals surface area contributed by atoms with Crippen LogP contribution in [0.3, 0.4) is 0 Å². The van der Waals surface area contributed by atoms with Crippen molar-refractivity contribution in [2.45, 2.75) is 64.5 Å². The largest absolute Gasteiger partial charge is 0.465 e. The van der Waals surface area contributed by atoms with Crippen LogP contribution in [0.5, 0.6) is 0 Å². The molecule has 6 rings (SSSR count). The lowest BCUT2D eigenvalue weighted by Gasteiger charge is -2.36. The molecule has 2 fully saturated rings. The molecule has 42 heavy (non-hydrogen) atoms. The van der Waals surface area contributed by atoms with Crippen LogP contribution in [0, 0.1) is 17.8 Å². The van der Waals surface area contributed by atoms with Crippen LogP contribution in [-0.2, 0) is 33.8 Å². The molecule has 1 heterocycles. The molecule has 3 aliphatic rings. The van der Waals surface area contributed by atoms with Crippen LogP contribution in [0.2, 0.25) is 0 Å². The summed E-state index contributed by atoms with van der Waals surface area (Å²) in [4.78, 5) is 41.0. The minimum atomic E-state index is -0.363. The third-order valence-electron chi connectivity index (χ3n) is 9.59. The van der Waals surface area contributed by atoms with Crippen LogP contribution in [0.25, 0.3) is 11.1 Å². The fourth-order valence-corrected chi connectivity index (χ4v) is 6.93. The fraction of sp³-hybridized carbons (Fsp3) is 0.417. The van der Waals surface area contributed by atoms with Gasteiger partial charge in [-0.1, -0.05) is 61.5 Å². The van der Waals surface area contributed by atoms with E-state index in [4.69, 9.17) is 4.74 Å². The minimum Gasteiger partial charge on any atom is -0.465 e. The maximum atomic E-state index is 13.6. The van der Waals surface area contributed by atoms with E-state index in [-0.39, 0.29) is 35.5 Å². The minimum absolute atomic E-state index is 0.00956. The van der Waals surface area contributed by atoms with Gasteiger partial charge in [0.1, 0.15) is 0 Å². The number of hydrogen-bond donors (Lipinski definition) is 1. The number of esters is 1. The number of carbonyl (C=O) groups is 3. The van der Waals surface area contributed by atoms with Gasteiger partial charge in [-0.05, 0) is 95.9 Å². The fourth-order valence-electron chi connectivity index (χ4n) is 6.93. The molecule has 6 heteroatoms. The maximum Gasteiger partial charge on any atom is 0.337 e. The van der Waals surface area contributed by atoms with E-state index in [1.54, 1.807) is 6.07 Å². The van der Waals surface area contributed by atoms with Gasteiger partial charge in [0, 0.05) is 31.5 Å². The zero-order valence-electron chi connectivity index (χ0n) is 24.6. The van der Waals surface area contributed by atoms with Crippen molar-refractivity contribution in [1.82, 2.24) is 10.2 Å². The Labute approximate surface area is 248 Å². The van der Waals surface area contributed by atoms with Gasteiger partial charge in [-0.25, -0.2) is 4.79 Å². The number of fused-ring (bicyclic) bond motifs is 1. The Morgan fingerprint density at radius 3 is 2.48 bits per heavy atom. The first-order valence-electron chi connectivity index (χ1n) is 15.4. The smallest absolute Gasteiger partial charge is 0.337 e. The number of hydrogen-bond acceptors (Lipinski definition) is 4. The first kappa shape index (κ1) is 28.2. The number of nitrogens with one attached hydrogen (secondary N) is 1. The van der Waals surface area contributed by atoms with Crippen molar-refractivity contribution in [3.8, 4) is 11.1 Å². The quantitative estimate of drug-likeness (QED) is 0.343. The van der Waals surface area contributed by atoms with Gasteiger partial charge < -0.3 is 15.0 Å². The summed E-state index contributed by atoms with van der Waals surface area (Å²) in [6.07, 6.45) is 5.79. The number of ether oxygens (including phenoxy) is 1. The van der Waals surface area contributed by atoms with E-state index in [1.807, 2.05) is 41.3 Å². The van der Waals surface area contributed by atoms with E-state index in [2.05, 4.69) is 36.5 Å². The Morgan fingerprint density at radius 1 is 0.929 bits per heavy atom. The molecule has 2 amide bonds. The average molecular weight is 565 g/mol. The van der Waals surface area contributed by atoms with Crippen molar-refractivity contribution >= 4 is 17.8 Å². The summed E-state index contributed by atoms with van der Waals surface area (Å²) in [6, 6.07) is 22.0. The molecule has 1 aliphatic heterocycles. The highest BCUT2D eigenvalue weighted by Gasteiger charge is 2.43. The third kappa shape index (κ3) is 5.85. The molecule has 0 bridgehead atoms. The molecule has 0 spiro atoms. The van der Waals surface area contributed by atoms with E-state index in [0.717, 1.165) is 60.8 Å². The SMILES string of the molecule is COC(=O)c1cccc(-c2ccc(CNC(=O)[C@@H]3C[C@H]3c3ccccc3)c3c2CCN(C(=O)C2CCC(C)CC2)C3)c1. The zero-order valence-corrected chi connectivity index (χ0v) is 24.6. The van der Waals surface area contributed by atoms with Crippen molar-refractivity contribution in [3.63, 3.8) is 0 Å². The van der Waals surface area contributed by atoms with E-state index in [0.29, 0.717) is 31.1 Å². The average Bonchev–Trinajstić information content (AvgIpc) is 3.85. The van der Waals surface area contributed by atoms with Gasteiger partial charge in [0.15, 0.2) is 0 Å². The monoisotopic (exact) mass is 564 g/mol. The topological polar surface area (TPSA) is 75.7 Å². The van der Waals surface area contributed by atoms with Gasteiger partial charge in [-0.2, -0.15) is 0 Å². The lowest BCUT2D eigenvalue weighted by molar-refractivity contribution is -0.137. The maximum absolute atomic E-state index is 13.6. The van der Waals surface area contributed by atoms with Crippen molar-refractivity contribution in [2.24, 2.45) is 17.8 Å². The number of carbonyl (C=O) groups excluding carboxylic acids is 3. The number of amides is 2. The molecule has 2 saturated carbocycles. The van der Waals surface area contributed by atoms with Crippen LogP contribution in [0.1, 0.15) is 77.6 Å². The third-order valence-corrected chi connectivity index (χ3v) is 9.59. The standard InChI is InChI=1S/C36H40N2O4/c1-23-11-13-25(14-12-23)35(40)38-18-17-30-29(26-9-6-10-27(19-26)36(41)42-2)16-15-28(33(30)22-38)21-37-34(39)32-20-31(32)24-7-4-3-5-8-24/h3-10,15-16,19,23,25,31-32H,11-14,17-18,20-22H2,1-2H3,(H,37,39)/t23?,25?,31-,32+/m0/s1. The summed E-state index contributed by atoms with van der Waals surface area (Å²) in [5.41, 5.74) is 7.12. The van der Waals surface area contributed by atoms with Crippen molar-refractivity contribution in [1.29, 1.82) is 0 Å². The van der Waals surface area contributed by atoms with Crippen LogP contribution in [-0.4, -0.2) is 36.3 Å². The van der Waals surface area contributed by atoms with Crippen LogP contribution < -0.4 is 5.32 Å². The molecule has 1 N–H and O–H groups in total. The van der Waals surface area contributed by atoms with E-state index < -0.39 is 0 Å². The molecule has 2 atom stereocenters. The first-order chi connectivity index (χ1) is 20.4. The second kappa shape index (κ2) is 12.1. The molecule has 218 valence electrons. The van der Waals surface area contributed by atoms with Gasteiger partial charge in [0.05, 0.1) is 12.7 Å². The van der Waals surface area contributed by atoms with Crippen LogP contribution in [0.15, 0.2) is 66.7 Å². The Bertz CT molecular complexity index is 1470. The lowest BCUT2D eigenvalue weighted by Crippen LogP contribution is -2.41. The Hall–Kier alpha value is -3.93. The molecule has 0 aromatic heterocycles. The van der Waals surface area contributed by atoms with Crippen molar-refractivity contribution in [3.05, 3.63) is 94.5 Å². The van der Waals surface area contributed by atoms with Gasteiger partial charge in [-0.15, -0.1) is 0 Å². The second-order valence-corrected chi connectivity index (χ2v) is 12.3. The Morgan fingerprint density at radius 2 is 1.71 bits per heavy atom. The Balaban J connectivity index is 1.25. The first-order valence-corrected chi connectivity index (χ1v) is 15.4. The summed E-state index contributed by atoms with van der Waals surface area (Å²) in [7, 11) is 1.39. The van der Waals surface area contributed by atoms with Gasteiger partial charge >= 0.3 is 5.97 Å². The number of benzene rings is 3. The number of nitrogens with zero attached hydrogens (tertiary/aromatic N) is 1. The highest BCUT2D eigenvalue weighted by atomic mass is 16.5. The summed E-state index contributed by atoms with van der Waals surface area (Å²) in [5, 5.41) is 3.21. The van der Waals surface area contributed by atoms with Gasteiger partial charge in [-0.3, -0.25) is 9.59 Å². The van der Waals surface area contributed by atoms with Crippen molar-refractivity contribution < 1.29 is 19.1 Å². The number of methoxy groups -OCH3 is 1.